The molecule has 3 rings (SSSR count). The summed E-state index contributed by atoms with van der Waals surface area (Å²) in [5.41, 5.74) is 17.0. The number of nitrogens with one attached hydrogen (secondary N) is 1. The van der Waals surface area contributed by atoms with Crippen molar-refractivity contribution in [2.24, 2.45) is 23.3 Å². The smallest absolute Gasteiger partial charge is 0.351 e. The third-order valence-electron chi connectivity index (χ3n) is 7.27. The highest BCUT2D eigenvalue weighted by molar-refractivity contribution is 5.82. The van der Waals surface area contributed by atoms with Crippen LogP contribution in [0, 0.1) is 11.8 Å². The maximum Gasteiger partial charge on any atom is 0.351 e. The second-order valence-electron chi connectivity index (χ2n) is 10.2. The highest BCUT2D eigenvalue weighted by atomic mass is 19.1. The summed E-state index contributed by atoms with van der Waals surface area (Å²) in [6.07, 6.45) is -3.07. The molecule has 2 aromatic rings. The number of aromatic nitrogens is 4. The van der Waals surface area contributed by atoms with Gasteiger partial charge in [0.1, 0.15) is 43.8 Å². The van der Waals surface area contributed by atoms with Crippen molar-refractivity contribution in [2.45, 2.75) is 83.6 Å². The minimum atomic E-state index is -1.67. The first-order valence-electron chi connectivity index (χ1n) is 13.4. The number of esters is 3. The number of alkyl halides is 1. The van der Waals surface area contributed by atoms with E-state index in [0.717, 1.165) is 0 Å². The fraction of sp³-hybridized carbons (Fsp3) is 0.680. The number of hydrogen-bond acceptors (Lipinski definition) is 13. The van der Waals surface area contributed by atoms with Gasteiger partial charge in [-0.3, -0.25) is 23.9 Å². The van der Waals surface area contributed by atoms with E-state index < -0.39 is 73.4 Å². The molecule has 7 N–H and O–H groups in total. The molecule has 0 aromatic carbocycles. The van der Waals surface area contributed by atoms with Gasteiger partial charge in [0, 0.05) is 6.42 Å². The minimum Gasteiger partial charge on any atom is -0.460 e. The Morgan fingerprint density at radius 3 is 2.39 bits per heavy atom. The SMILES string of the molecule is CC[C@H](C)[C@H](N)C(=O)OC[C@H](OC(=O)[C@@H](N)[C@@H](C)CC)C(=O)OC[C@H]1O[C@@H](n2cnc3c(=O)[nH]c(N)nc32)C[C@@H]1F. The molecule has 3 heterocycles. The molecule has 15 nitrogen and oxygen atoms in total. The number of H-pyrrole nitrogens is 1. The number of imidazole rings is 1. The van der Waals surface area contributed by atoms with Crippen LogP contribution >= 0.6 is 0 Å². The molecule has 1 aliphatic heterocycles. The average Bonchev–Trinajstić information content (AvgIpc) is 3.54. The third kappa shape index (κ3) is 7.56. The Morgan fingerprint density at radius 2 is 1.76 bits per heavy atom. The van der Waals surface area contributed by atoms with Crippen molar-refractivity contribution in [3.8, 4) is 0 Å². The van der Waals surface area contributed by atoms with E-state index in [-0.39, 0.29) is 35.4 Å². The molecule has 0 saturated carbocycles. The van der Waals surface area contributed by atoms with E-state index in [1.807, 2.05) is 13.8 Å². The van der Waals surface area contributed by atoms with Crippen LogP contribution in [0.1, 0.15) is 53.2 Å². The van der Waals surface area contributed by atoms with Gasteiger partial charge in [0.25, 0.3) is 5.56 Å². The molecule has 16 heteroatoms. The van der Waals surface area contributed by atoms with Crippen LogP contribution in [0.3, 0.4) is 0 Å². The second kappa shape index (κ2) is 13.8. The Kier molecular flexibility index (Phi) is 10.8. The number of nitrogens with two attached hydrogens (primary N) is 3. The fourth-order valence-electron chi connectivity index (χ4n) is 4.02. The van der Waals surface area contributed by atoms with Crippen molar-refractivity contribution in [2.75, 3.05) is 18.9 Å². The van der Waals surface area contributed by atoms with E-state index in [4.69, 9.17) is 36.1 Å². The van der Waals surface area contributed by atoms with Gasteiger partial charge in [-0.15, -0.1) is 0 Å². The van der Waals surface area contributed by atoms with E-state index >= 15 is 0 Å². The number of hydrogen-bond donors (Lipinski definition) is 4. The highest BCUT2D eigenvalue weighted by Crippen LogP contribution is 2.32. The molecule has 0 radical (unpaired) electrons. The summed E-state index contributed by atoms with van der Waals surface area (Å²) < 4.78 is 37.6. The molecule has 1 saturated heterocycles. The van der Waals surface area contributed by atoms with Crippen LogP contribution in [0.2, 0.25) is 0 Å². The van der Waals surface area contributed by atoms with Crippen molar-refractivity contribution in [3.63, 3.8) is 0 Å². The summed E-state index contributed by atoms with van der Waals surface area (Å²) >= 11 is 0. The number of fused-ring (bicyclic) bond motifs is 1. The van der Waals surface area contributed by atoms with Crippen LogP contribution in [0.25, 0.3) is 11.2 Å². The van der Waals surface area contributed by atoms with Crippen molar-refractivity contribution >= 4 is 35.0 Å². The zero-order chi connectivity index (χ0) is 30.4. The number of halogens is 1. The molecule has 41 heavy (non-hydrogen) atoms. The molecule has 1 aliphatic rings. The van der Waals surface area contributed by atoms with Crippen LogP contribution in [0.15, 0.2) is 11.1 Å². The van der Waals surface area contributed by atoms with Gasteiger partial charge >= 0.3 is 17.9 Å². The number of nitrogen functional groups attached to an aromatic ring is 1. The summed E-state index contributed by atoms with van der Waals surface area (Å²) in [6, 6.07) is -1.99. The number of carbonyl (C=O) groups is 3. The van der Waals surface area contributed by atoms with E-state index in [1.54, 1.807) is 13.8 Å². The lowest BCUT2D eigenvalue weighted by Crippen LogP contribution is -2.45. The molecule has 0 aliphatic carbocycles. The molecule has 228 valence electrons. The van der Waals surface area contributed by atoms with Gasteiger partial charge in [-0.05, 0) is 11.8 Å². The molecule has 0 unspecified atom stereocenters. The zero-order valence-corrected chi connectivity index (χ0v) is 23.4. The van der Waals surface area contributed by atoms with E-state index in [0.29, 0.717) is 12.8 Å². The lowest BCUT2D eigenvalue weighted by atomic mass is 10.0. The number of aromatic amines is 1. The number of rotatable bonds is 13. The van der Waals surface area contributed by atoms with Gasteiger partial charge in [0.2, 0.25) is 12.1 Å². The summed E-state index contributed by atoms with van der Waals surface area (Å²) in [4.78, 5) is 60.2. The number of nitrogens with zero attached hydrogens (tertiary/aromatic N) is 3. The van der Waals surface area contributed by atoms with Gasteiger partial charge in [-0.1, -0.05) is 40.5 Å². The van der Waals surface area contributed by atoms with Crippen LogP contribution < -0.4 is 22.8 Å². The molecule has 0 amide bonds. The number of anilines is 1. The molecule has 0 bridgehead atoms. The average molecular weight is 584 g/mol. The summed E-state index contributed by atoms with van der Waals surface area (Å²) in [5, 5.41) is 0. The first kappa shape index (κ1) is 31.9. The Labute approximate surface area is 235 Å². The van der Waals surface area contributed by atoms with Gasteiger partial charge in [-0.25, -0.2) is 14.2 Å². The van der Waals surface area contributed by atoms with Crippen LogP contribution in [0.4, 0.5) is 10.3 Å². The van der Waals surface area contributed by atoms with Crippen molar-refractivity contribution in [1.82, 2.24) is 19.5 Å². The quantitative estimate of drug-likeness (QED) is 0.181. The maximum atomic E-state index is 14.9. The van der Waals surface area contributed by atoms with Gasteiger partial charge in [-0.2, -0.15) is 4.98 Å². The number of carbonyl (C=O) groups excluding carboxylic acids is 3. The largest absolute Gasteiger partial charge is 0.460 e. The van der Waals surface area contributed by atoms with Crippen LogP contribution in [-0.4, -0.2) is 81.1 Å². The molecule has 2 aromatic heterocycles. The van der Waals surface area contributed by atoms with E-state index in [9.17, 15) is 23.6 Å². The summed E-state index contributed by atoms with van der Waals surface area (Å²) in [7, 11) is 0. The first-order chi connectivity index (χ1) is 19.4. The lowest BCUT2D eigenvalue weighted by Gasteiger charge is -2.23. The Morgan fingerprint density at radius 1 is 1.12 bits per heavy atom. The van der Waals surface area contributed by atoms with Crippen molar-refractivity contribution in [1.29, 1.82) is 0 Å². The standard InChI is InChI=1S/C25H38FN7O8/c1-5-11(3)17(27)23(36)39-9-15(41-24(37)18(28)12(4)6-2)22(35)38-8-14-13(26)7-16(40-14)33-10-30-19-20(33)31-25(29)32-21(19)34/h10-18H,5-9,27-28H2,1-4H3,(H3,29,31,32,34)/t11-,12-,13-,14+,15-,16+,17-,18-/m0/s1. The van der Waals surface area contributed by atoms with Crippen molar-refractivity contribution in [3.05, 3.63) is 16.7 Å². The maximum absolute atomic E-state index is 14.9. The van der Waals surface area contributed by atoms with E-state index in [2.05, 4.69) is 15.0 Å². The van der Waals surface area contributed by atoms with Crippen LogP contribution in [-0.2, 0) is 33.3 Å². The van der Waals surface area contributed by atoms with Crippen molar-refractivity contribution < 1.29 is 37.7 Å². The van der Waals surface area contributed by atoms with Crippen LogP contribution in [0.5, 0.6) is 0 Å². The molecule has 0 spiro atoms. The normalized spacial score (nSPS) is 22.5. The lowest BCUT2D eigenvalue weighted by molar-refractivity contribution is -0.178. The zero-order valence-electron chi connectivity index (χ0n) is 23.4. The molecule has 1 fully saturated rings. The predicted octanol–water partition coefficient (Wildman–Crippen LogP) is 0.0724. The predicted molar refractivity (Wildman–Crippen MR) is 143 cm³/mol. The van der Waals surface area contributed by atoms with E-state index in [1.165, 1.54) is 10.9 Å². The Hall–Kier alpha value is -3.63. The third-order valence-corrected chi connectivity index (χ3v) is 7.27. The van der Waals surface area contributed by atoms with Gasteiger partial charge in [0.15, 0.2) is 11.2 Å². The first-order valence-corrected chi connectivity index (χ1v) is 13.4. The molecular formula is C25H38FN7O8. The molecule has 8 atom stereocenters. The minimum absolute atomic E-state index is 0.00376. The summed E-state index contributed by atoms with van der Waals surface area (Å²) in [5.74, 6) is -3.36. The second-order valence-corrected chi connectivity index (χ2v) is 10.2. The van der Waals surface area contributed by atoms with Gasteiger partial charge in [0.05, 0.1) is 6.33 Å². The highest BCUT2D eigenvalue weighted by Gasteiger charge is 2.39. The summed E-state index contributed by atoms with van der Waals surface area (Å²) in [6.45, 7) is 5.97. The fourth-order valence-corrected chi connectivity index (χ4v) is 4.02. The number of ether oxygens (including phenoxy) is 4. The van der Waals surface area contributed by atoms with Gasteiger partial charge < -0.3 is 36.1 Å². The Bertz CT molecular complexity index is 1290. The topological polar surface area (TPSA) is 230 Å². The Balaban J connectivity index is 1.67. The molecular weight excluding hydrogens is 545 g/mol. The monoisotopic (exact) mass is 583 g/mol.